The molecule has 8 aromatic rings. The molecule has 0 saturated carbocycles. The Kier molecular flexibility index (Phi) is 23.5. The van der Waals surface area contributed by atoms with Gasteiger partial charge in [0.05, 0.1) is 52.6 Å². The zero-order valence-corrected chi connectivity index (χ0v) is 51.3. The maximum atomic E-state index is 12.8. The van der Waals surface area contributed by atoms with E-state index in [1.165, 1.54) is 43.3 Å². The number of nitro benzene ring substituents is 2. The van der Waals surface area contributed by atoms with Gasteiger partial charge in [-0.3, -0.25) is 20.2 Å². The minimum absolute atomic E-state index is 0.0296. The lowest BCUT2D eigenvalue weighted by molar-refractivity contribution is -0.384. The van der Waals surface area contributed by atoms with Gasteiger partial charge in [0, 0.05) is 70.6 Å². The van der Waals surface area contributed by atoms with Gasteiger partial charge in [-0.1, -0.05) is 135 Å². The molecular weight excluding hydrogens is 1370 g/mol. The third-order valence-electron chi connectivity index (χ3n) is 11.9. The average Bonchev–Trinajstić information content (AvgIpc) is 2.84. The quantitative estimate of drug-likeness (QED) is 0.0230. The fourth-order valence-corrected chi connectivity index (χ4v) is 10.1. The molecule has 0 aliphatic carbocycles. The van der Waals surface area contributed by atoms with Crippen LogP contribution < -0.4 is 28.4 Å². The number of aliphatic imine (C=N–C) groups is 1. The molecule has 9 rings (SSSR count). The summed E-state index contributed by atoms with van der Waals surface area (Å²) in [4.78, 5) is 23.8. The predicted molar refractivity (Wildman–Crippen MR) is 338 cm³/mol. The first-order valence-electron chi connectivity index (χ1n) is 23.8. The summed E-state index contributed by atoms with van der Waals surface area (Å²) in [7, 11) is -2.10. The molecule has 1 aliphatic rings. The number of nitro groups is 2. The zero-order chi connectivity index (χ0) is 63.0. The summed E-state index contributed by atoms with van der Waals surface area (Å²) in [6.45, 7) is 7.30. The number of hydrogen-bond acceptors (Lipinski definition) is 11. The van der Waals surface area contributed by atoms with E-state index >= 15 is 0 Å². The maximum absolute atomic E-state index is 12.8. The van der Waals surface area contributed by atoms with E-state index in [-0.39, 0.29) is 34.9 Å². The van der Waals surface area contributed by atoms with Gasteiger partial charge in [0.25, 0.3) is 11.4 Å². The average molecular weight is 1410 g/mol. The number of nitrogen functional groups attached to an aromatic ring is 4. The molecule has 0 saturated heterocycles. The van der Waals surface area contributed by atoms with Gasteiger partial charge in [-0.2, -0.15) is 26.3 Å². The van der Waals surface area contributed by atoms with E-state index < -0.39 is 46.1 Å². The van der Waals surface area contributed by atoms with Crippen LogP contribution in [-0.4, -0.2) is 38.9 Å². The third-order valence-corrected chi connectivity index (χ3v) is 15.3. The number of anilines is 4. The van der Waals surface area contributed by atoms with Crippen LogP contribution in [0.3, 0.4) is 0 Å². The molecular formula is C56H44BCl7F6IN7O6. The molecule has 13 nitrogen and oxygen atoms in total. The lowest BCUT2D eigenvalue weighted by Gasteiger charge is -2.12. The van der Waals surface area contributed by atoms with E-state index in [0.717, 1.165) is 39.9 Å². The predicted octanol–water partition coefficient (Wildman–Crippen LogP) is 17.9. The Morgan fingerprint density at radius 1 is 0.488 bits per heavy atom. The molecule has 0 amide bonds. The lowest BCUT2D eigenvalue weighted by atomic mass is 9.76. The van der Waals surface area contributed by atoms with Gasteiger partial charge in [0.1, 0.15) is 17.1 Å². The molecule has 0 fully saturated rings. The summed E-state index contributed by atoms with van der Waals surface area (Å²) < 4.78 is 76.0. The molecule has 0 unspecified atom stereocenters. The molecule has 1 heterocycles. The van der Waals surface area contributed by atoms with Crippen molar-refractivity contribution >= 4 is 162 Å². The fraction of sp³-hybridized carbons (Fsp3) is 0.125. The number of hydrogen-bond donors (Lipinski definition) is 6. The normalized spacial score (nSPS) is 11.5. The van der Waals surface area contributed by atoms with Crippen molar-refractivity contribution in [3.63, 3.8) is 0 Å². The number of fused-ring (bicyclic) bond motifs is 1. The highest BCUT2D eigenvalue weighted by molar-refractivity contribution is 14.1. The van der Waals surface area contributed by atoms with Crippen LogP contribution in [0.25, 0.3) is 33.4 Å². The van der Waals surface area contributed by atoms with Gasteiger partial charge in [0.2, 0.25) is 0 Å². The number of rotatable bonds is 6. The van der Waals surface area contributed by atoms with E-state index in [4.69, 9.17) is 114 Å². The van der Waals surface area contributed by atoms with Crippen LogP contribution in [0.5, 0.6) is 0 Å². The van der Waals surface area contributed by atoms with E-state index in [9.17, 15) is 46.6 Å². The third kappa shape index (κ3) is 17.9. The number of alkyl halides is 6. The largest absolute Gasteiger partial charge is 0.489 e. The maximum Gasteiger partial charge on any atom is 0.489 e. The molecule has 28 heteroatoms. The first-order valence-corrected chi connectivity index (χ1v) is 27.5. The Bertz CT molecular complexity index is 3860. The van der Waals surface area contributed by atoms with Gasteiger partial charge in [-0.25, -0.2) is 4.99 Å². The highest BCUT2D eigenvalue weighted by atomic mass is 127. The van der Waals surface area contributed by atoms with Crippen molar-refractivity contribution in [2.45, 2.75) is 46.5 Å². The van der Waals surface area contributed by atoms with Crippen molar-refractivity contribution in [3.05, 3.63) is 214 Å². The van der Waals surface area contributed by atoms with Gasteiger partial charge in [0.15, 0.2) is 0 Å². The monoisotopic (exact) mass is 1410 g/mol. The molecule has 1 aliphatic heterocycles. The first kappa shape index (κ1) is 68.5. The van der Waals surface area contributed by atoms with Gasteiger partial charge < -0.3 is 33.0 Å². The Morgan fingerprint density at radius 2 is 0.857 bits per heavy atom. The second-order valence-electron chi connectivity index (χ2n) is 18.3. The molecule has 8 aromatic carbocycles. The highest BCUT2D eigenvalue weighted by Gasteiger charge is 2.39. The number of halogens is 14. The van der Waals surface area contributed by atoms with Gasteiger partial charge in [-0.15, -0.1) is 0 Å². The number of aryl methyl sites for hydroxylation is 4. The van der Waals surface area contributed by atoms with Gasteiger partial charge >= 0.3 is 19.5 Å². The smallest absolute Gasteiger partial charge is 0.423 e. The number of nitrogens with two attached hydrogens (primary N) is 4. The zero-order valence-electron chi connectivity index (χ0n) is 43.8. The van der Waals surface area contributed by atoms with Crippen molar-refractivity contribution < 1.29 is 46.2 Å². The Hall–Kier alpha value is -6.25. The Morgan fingerprint density at radius 3 is 1.29 bits per heavy atom. The lowest BCUT2D eigenvalue weighted by Crippen LogP contribution is -2.36. The van der Waals surface area contributed by atoms with Crippen LogP contribution in [0.2, 0.25) is 35.2 Å². The molecule has 0 bridgehead atoms. The van der Waals surface area contributed by atoms with E-state index in [1.54, 1.807) is 36.4 Å². The summed E-state index contributed by atoms with van der Waals surface area (Å²) in [6.07, 6.45) is -9.23. The number of nitrogens with zero attached hydrogens (tertiary/aromatic N) is 3. The minimum Gasteiger partial charge on any atom is -0.423 e. The van der Waals surface area contributed by atoms with Crippen LogP contribution in [-0.2, 0) is 12.6 Å². The fourth-order valence-electron chi connectivity index (χ4n) is 7.71. The molecule has 0 atom stereocenters. The highest BCUT2D eigenvalue weighted by Crippen LogP contribution is 2.43. The summed E-state index contributed by atoms with van der Waals surface area (Å²) in [5.74, 6) is 0. The second-order valence-corrected chi connectivity index (χ2v) is 22.3. The topological polar surface area (TPSA) is 243 Å². The van der Waals surface area contributed by atoms with Crippen LogP contribution in [0.1, 0.15) is 33.4 Å². The summed E-state index contributed by atoms with van der Waals surface area (Å²) in [6, 6.07) is 31.9. The second kappa shape index (κ2) is 28.8. The molecule has 440 valence electrons. The SMILES string of the molecule is Cc1ccc(-c2cc(N)c(N)cc2Cl)c(Cl)c1.Cc1ccc(-c2cc([N+](=O)[O-])c(N)cc2Cl)c(Cl)c1.Cc1ccc(-c2cc3c(cc2Cl)N=C(C(F)(F)F)C3)c(Cl)c1.Cc1ccc(B(O)O)c(C(F)(F)F)c1.Nc1cc(Cl)c(I)cc1[N+](=O)[O-]. The molecule has 0 radical (unpaired) electrons. The van der Waals surface area contributed by atoms with Crippen molar-refractivity contribution in [3.8, 4) is 33.4 Å². The van der Waals surface area contributed by atoms with Crippen LogP contribution >= 0.6 is 104 Å². The van der Waals surface area contributed by atoms with E-state index in [1.807, 2.05) is 79.8 Å². The number of benzene rings is 8. The molecule has 0 spiro atoms. The van der Waals surface area contributed by atoms with Crippen molar-refractivity contribution in [2.24, 2.45) is 4.99 Å². The molecule has 0 aromatic heterocycles. The van der Waals surface area contributed by atoms with Gasteiger partial charge in [-0.05, 0) is 139 Å². The molecule has 10 N–H and O–H groups in total. The first-order chi connectivity index (χ1) is 39.0. The molecule has 84 heavy (non-hydrogen) atoms. The minimum atomic E-state index is -4.56. The Balaban J connectivity index is 0.000000195. The van der Waals surface area contributed by atoms with E-state index in [2.05, 4.69) is 4.99 Å². The van der Waals surface area contributed by atoms with E-state index in [0.29, 0.717) is 83.5 Å². The van der Waals surface area contributed by atoms with Crippen LogP contribution in [0.4, 0.5) is 66.2 Å². The standard InChI is InChI=1S/C16H10Cl2F3N.C13H10Cl2N2O2.C13H12Cl2N2.C8H8BF3O2.C6H4ClIN2O2/c1-8-2-3-10(12(17)4-8)11-5-9-6-15(16(19,20)21)22-14(9)7-13(11)18;1-7-2-3-8(10(14)4-7)9-5-13(17(18)19)12(16)6-11(9)15;1-7-2-3-8(10(14)4-7)9-5-12(16)13(17)6-11(9)15;1-5-2-3-7(9(13)14)6(4-5)8(10,11)12;7-3-1-5(9)6(10(11)12)2-4(3)8/h2-5,7H,6H2,1H3;2-6H,16H2,1H3;2-6H,16-17H2,1H3;2-4,13-14H,1H3;1-2H,9H2. The summed E-state index contributed by atoms with van der Waals surface area (Å²) in [5.41, 5.74) is 29.2. The van der Waals surface area contributed by atoms with Crippen LogP contribution in [0, 0.1) is 51.5 Å². The summed E-state index contributed by atoms with van der Waals surface area (Å²) >= 11 is 44.6. The Labute approximate surface area is 525 Å². The van der Waals surface area contributed by atoms with Crippen molar-refractivity contribution in [1.82, 2.24) is 0 Å². The van der Waals surface area contributed by atoms with Crippen molar-refractivity contribution in [1.29, 1.82) is 0 Å². The van der Waals surface area contributed by atoms with Crippen molar-refractivity contribution in [2.75, 3.05) is 22.9 Å². The summed E-state index contributed by atoms with van der Waals surface area (Å²) in [5, 5.41) is 42.0. The van der Waals surface area contributed by atoms with Crippen LogP contribution in [0.15, 0.2) is 126 Å².